The van der Waals surface area contributed by atoms with Crippen LogP contribution in [0.3, 0.4) is 0 Å². The molecule has 126 valence electrons. The minimum absolute atomic E-state index is 0.0258. The minimum atomic E-state index is -1.01. The Morgan fingerprint density at radius 2 is 2.04 bits per heavy atom. The molecule has 1 saturated heterocycles. The molecule has 0 amide bonds. The highest BCUT2D eigenvalue weighted by Crippen LogP contribution is 2.34. The van der Waals surface area contributed by atoms with Gasteiger partial charge in [0.1, 0.15) is 18.6 Å². The number of hydrogen-bond donors (Lipinski definition) is 1. The normalized spacial score (nSPS) is 19.9. The van der Waals surface area contributed by atoms with E-state index in [2.05, 4.69) is 0 Å². The Kier molecular flexibility index (Phi) is 5.27. The summed E-state index contributed by atoms with van der Waals surface area (Å²) in [5, 5.41) is 12.9. The molecule has 0 bridgehead atoms. The summed E-state index contributed by atoms with van der Waals surface area (Å²) >= 11 is 1.60. The van der Waals surface area contributed by atoms with Gasteiger partial charge in [0, 0.05) is 5.56 Å². The van der Waals surface area contributed by atoms with Crippen LogP contribution in [0.5, 0.6) is 11.5 Å². The molecule has 0 spiro atoms. The van der Waals surface area contributed by atoms with Crippen LogP contribution >= 0.6 is 11.8 Å². The van der Waals surface area contributed by atoms with Crippen molar-refractivity contribution in [2.75, 3.05) is 12.9 Å². The third kappa shape index (κ3) is 3.83. The summed E-state index contributed by atoms with van der Waals surface area (Å²) < 4.78 is 11.3. The maximum atomic E-state index is 11.0. The van der Waals surface area contributed by atoms with E-state index in [-0.39, 0.29) is 5.37 Å². The van der Waals surface area contributed by atoms with E-state index in [1.54, 1.807) is 18.9 Å². The molecule has 6 heteroatoms. The van der Waals surface area contributed by atoms with E-state index in [0.29, 0.717) is 23.9 Å². The van der Waals surface area contributed by atoms with E-state index < -0.39 is 12.0 Å². The summed E-state index contributed by atoms with van der Waals surface area (Å²) in [6.45, 7) is 0.448. The first kappa shape index (κ1) is 16.7. The van der Waals surface area contributed by atoms with Gasteiger partial charge in [0.15, 0.2) is 16.9 Å². The van der Waals surface area contributed by atoms with Gasteiger partial charge in [-0.2, -0.15) is 0 Å². The number of aliphatic carboxylic acids is 1. The Labute approximate surface area is 145 Å². The summed E-state index contributed by atoms with van der Waals surface area (Å²) in [5.41, 5.74) is 2.08. The molecule has 2 aromatic rings. The molecule has 0 unspecified atom stereocenters. The fraction of sp³-hybridized carbons (Fsp3) is 0.278. The molecule has 0 radical (unpaired) electrons. The lowest BCUT2D eigenvalue weighted by Gasteiger charge is -2.15. The van der Waals surface area contributed by atoms with Crippen molar-refractivity contribution < 1.29 is 24.7 Å². The highest BCUT2D eigenvalue weighted by Gasteiger charge is 2.31. The highest BCUT2D eigenvalue weighted by molar-refractivity contribution is 7.99. The number of carboxylic acids is 1. The zero-order valence-electron chi connectivity index (χ0n) is 13.3. The smallest absolute Gasteiger partial charge is 0.162 e. The lowest BCUT2D eigenvalue weighted by molar-refractivity contribution is -0.690. The van der Waals surface area contributed by atoms with Crippen LogP contribution in [0.25, 0.3) is 0 Å². The average molecular weight is 345 g/mol. The van der Waals surface area contributed by atoms with E-state index in [1.165, 1.54) is 0 Å². The Morgan fingerprint density at radius 3 is 2.71 bits per heavy atom. The van der Waals surface area contributed by atoms with Gasteiger partial charge < -0.3 is 24.7 Å². The van der Waals surface area contributed by atoms with Crippen molar-refractivity contribution in [3.63, 3.8) is 0 Å². The van der Waals surface area contributed by atoms with Gasteiger partial charge in [0.05, 0.1) is 12.9 Å². The van der Waals surface area contributed by atoms with Crippen LogP contribution in [0.4, 0.5) is 0 Å². The van der Waals surface area contributed by atoms with Gasteiger partial charge in [0.25, 0.3) is 0 Å². The molecule has 24 heavy (non-hydrogen) atoms. The number of quaternary nitrogens is 1. The van der Waals surface area contributed by atoms with Crippen LogP contribution in [0, 0.1) is 0 Å². The molecule has 2 N–H and O–H groups in total. The van der Waals surface area contributed by atoms with Crippen molar-refractivity contribution in [1.82, 2.24) is 0 Å². The largest absolute Gasteiger partial charge is 0.544 e. The van der Waals surface area contributed by atoms with Crippen LogP contribution in [-0.4, -0.2) is 24.9 Å². The molecule has 5 nitrogen and oxygen atoms in total. The number of benzene rings is 2. The summed E-state index contributed by atoms with van der Waals surface area (Å²) in [5.74, 6) is 0.845. The van der Waals surface area contributed by atoms with Crippen molar-refractivity contribution in [3.8, 4) is 11.5 Å². The molecule has 1 aliphatic rings. The SMILES string of the molecule is COc1ccc([C@H]2[NH2+][C@H](C(=O)[O-])CS2)cc1OCc1ccccc1. The van der Waals surface area contributed by atoms with Crippen molar-refractivity contribution in [2.45, 2.75) is 18.0 Å². The number of nitrogens with two attached hydrogens (primary N) is 1. The van der Waals surface area contributed by atoms with Gasteiger partial charge >= 0.3 is 0 Å². The fourth-order valence-corrected chi connectivity index (χ4v) is 3.90. The Hall–Kier alpha value is -2.18. The predicted octanol–water partition coefficient (Wildman–Crippen LogP) is 0.702. The second kappa shape index (κ2) is 7.59. The number of thioether (sulfide) groups is 1. The van der Waals surface area contributed by atoms with Gasteiger partial charge in [-0.3, -0.25) is 0 Å². The van der Waals surface area contributed by atoms with Gasteiger partial charge in [-0.25, -0.2) is 0 Å². The molecule has 0 aromatic heterocycles. The zero-order valence-corrected chi connectivity index (χ0v) is 14.1. The zero-order chi connectivity index (χ0) is 16.9. The molecular weight excluding hydrogens is 326 g/mol. The maximum Gasteiger partial charge on any atom is 0.162 e. The molecule has 2 atom stereocenters. The van der Waals surface area contributed by atoms with Crippen molar-refractivity contribution in [1.29, 1.82) is 0 Å². The summed E-state index contributed by atoms with van der Waals surface area (Å²) in [7, 11) is 1.60. The highest BCUT2D eigenvalue weighted by atomic mass is 32.2. The third-order valence-corrected chi connectivity index (χ3v) is 5.26. The molecule has 1 aliphatic heterocycles. The molecular formula is C18H19NO4S. The van der Waals surface area contributed by atoms with Crippen molar-refractivity contribution >= 4 is 17.7 Å². The van der Waals surface area contributed by atoms with Crippen LogP contribution in [-0.2, 0) is 11.4 Å². The lowest BCUT2D eigenvalue weighted by Crippen LogP contribution is -2.90. The second-order valence-corrected chi connectivity index (χ2v) is 6.73. The molecule has 0 saturated carbocycles. The second-order valence-electron chi connectivity index (χ2n) is 5.56. The first-order chi connectivity index (χ1) is 11.7. The fourth-order valence-electron chi connectivity index (χ4n) is 2.60. The van der Waals surface area contributed by atoms with E-state index in [4.69, 9.17) is 9.47 Å². The maximum absolute atomic E-state index is 11.0. The van der Waals surface area contributed by atoms with Crippen molar-refractivity contribution in [3.05, 3.63) is 59.7 Å². The van der Waals surface area contributed by atoms with E-state index in [0.717, 1.165) is 11.1 Å². The Morgan fingerprint density at radius 1 is 1.25 bits per heavy atom. The summed E-state index contributed by atoms with van der Waals surface area (Å²) in [6, 6.07) is 15.1. The van der Waals surface area contributed by atoms with Crippen LogP contribution in [0.1, 0.15) is 16.5 Å². The number of carboxylic acid groups (broad SMARTS) is 1. The van der Waals surface area contributed by atoms with Crippen molar-refractivity contribution in [2.24, 2.45) is 0 Å². The monoisotopic (exact) mass is 345 g/mol. The third-order valence-electron chi connectivity index (χ3n) is 3.92. The standard InChI is InChI=1S/C18H19NO4S/c1-22-15-8-7-13(17-19-14(11-24-17)18(20)21)9-16(15)23-10-12-5-3-2-4-6-12/h2-9,14,17,19H,10-11H2,1H3,(H,20,21)/t14-,17-/m0/s1. The number of methoxy groups -OCH3 is 1. The first-order valence-electron chi connectivity index (χ1n) is 7.69. The number of hydrogen-bond acceptors (Lipinski definition) is 5. The quantitative estimate of drug-likeness (QED) is 0.834. The van der Waals surface area contributed by atoms with Crippen LogP contribution in [0.2, 0.25) is 0 Å². The topological polar surface area (TPSA) is 75.2 Å². The average Bonchev–Trinajstić information content (AvgIpc) is 3.11. The van der Waals surface area contributed by atoms with Gasteiger partial charge in [-0.15, -0.1) is 0 Å². The summed E-state index contributed by atoms with van der Waals surface area (Å²) in [4.78, 5) is 11.0. The first-order valence-corrected chi connectivity index (χ1v) is 8.74. The van der Waals surface area contributed by atoms with Crippen LogP contribution < -0.4 is 19.9 Å². The van der Waals surface area contributed by atoms with Gasteiger partial charge in [-0.1, -0.05) is 42.1 Å². The van der Waals surface area contributed by atoms with Gasteiger partial charge in [-0.05, 0) is 23.8 Å². The lowest BCUT2D eigenvalue weighted by atomic mass is 10.2. The van der Waals surface area contributed by atoms with Crippen LogP contribution in [0.15, 0.2) is 48.5 Å². The van der Waals surface area contributed by atoms with Gasteiger partial charge in [0.2, 0.25) is 0 Å². The van der Waals surface area contributed by atoms with E-state index >= 15 is 0 Å². The molecule has 1 fully saturated rings. The Bertz CT molecular complexity index is 707. The van der Waals surface area contributed by atoms with E-state index in [1.807, 2.05) is 53.8 Å². The number of rotatable bonds is 6. The molecule has 0 aliphatic carbocycles. The van der Waals surface area contributed by atoms with E-state index in [9.17, 15) is 9.90 Å². The Balaban J connectivity index is 1.74. The number of carbonyl (C=O) groups is 1. The molecule has 1 heterocycles. The molecule has 2 aromatic carbocycles. The number of ether oxygens (including phenoxy) is 2. The number of carbonyl (C=O) groups excluding carboxylic acids is 1. The minimum Gasteiger partial charge on any atom is -0.544 e. The summed E-state index contributed by atoms with van der Waals surface area (Å²) in [6.07, 6.45) is 0. The predicted molar refractivity (Wildman–Crippen MR) is 89.7 cm³/mol. The molecule has 3 rings (SSSR count).